The number of carbonyl (C=O) groups excluding carboxylic acids is 2. The van der Waals surface area contributed by atoms with E-state index in [9.17, 15) is 18.0 Å². The van der Waals surface area contributed by atoms with Crippen molar-refractivity contribution in [2.24, 2.45) is 5.92 Å². The summed E-state index contributed by atoms with van der Waals surface area (Å²) in [6.07, 6.45) is 3.03. The highest BCUT2D eigenvalue weighted by Crippen LogP contribution is 2.10. The number of sulfonamides is 1. The Morgan fingerprint density at radius 3 is 2.10 bits per heavy atom. The highest BCUT2D eigenvalue weighted by molar-refractivity contribution is 7.92. The van der Waals surface area contributed by atoms with Crippen LogP contribution in [0.25, 0.3) is 6.08 Å². The van der Waals surface area contributed by atoms with E-state index in [0.717, 1.165) is 17.4 Å². The molecule has 8 heteroatoms. The lowest BCUT2D eigenvalue weighted by molar-refractivity contribution is -0.139. The van der Waals surface area contributed by atoms with Crippen LogP contribution in [0, 0.1) is 5.92 Å². The molecule has 0 spiro atoms. The molecular formula is C21H31N3O4S. The van der Waals surface area contributed by atoms with Gasteiger partial charge in [0.05, 0.1) is 0 Å². The van der Waals surface area contributed by atoms with Crippen LogP contribution in [0.5, 0.6) is 0 Å². The zero-order chi connectivity index (χ0) is 21.3. The smallest absolute Gasteiger partial charge is 0.233 e. The predicted molar refractivity (Wildman–Crippen MR) is 114 cm³/mol. The van der Waals surface area contributed by atoms with Crippen LogP contribution in [-0.4, -0.2) is 62.8 Å². The van der Waals surface area contributed by atoms with Crippen molar-refractivity contribution in [1.82, 2.24) is 14.5 Å². The SMILES string of the molecule is CC(C)CCC(=O)N1CCN(C(=O)CCNS(=O)(=O)C=Cc2ccccc2)CC1. The summed E-state index contributed by atoms with van der Waals surface area (Å²) in [7, 11) is -3.59. The van der Waals surface area contributed by atoms with E-state index in [1.165, 1.54) is 6.08 Å². The molecule has 0 aliphatic carbocycles. The Labute approximate surface area is 173 Å². The largest absolute Gasteiger partial charge is 0.339 e. The van der Waals surface area contributed by atoms with E-state index in [1.807, 2.05) is 35.2 Å². The van der Waals surface area contributed by atoms with Crippen LogP contribution in [0.1, 0.15) is 38.7 Å². The van der Waals surface area contributed by atoms with Gasteiger partial charge in [-0.25, -0.2) is 13.1 Å². The van der Waals surface area contributed by atoms with Crippen molar-refractivity contribution < 1.29 is 18.0 Å². The number of amides is 2. The molecule has 1 aliphatic heterocycles. The summed E-state index contributed by atoms with van der Waals surface area (Å²) in [5.41, 5.74) is 0.787. The summed E-state index contributed by atoms with van der Waals surface area (Å²) < 4.78 is 26.5. The van der Waals surface area contributed by atoms with E-state index in [1.54, 1.807) is 4.90 Å². The first-order valence-electron chi connectivity index (χ1n) is 10.0. The van der Waals surface area contributed by atoms with Crippen LogP contribution in [0.2, 0.25) is 0 Å². The first-order valence-corrected chi connectivity index (χ1v) is 11.6. The molecule has 0 bridgehead atoms. The molecule has 1 N–H and O–H groups in total. The highest BCUT2D eigenvalue weighted by Gasteiger charge is 2.23. The second-order valence-electron chi connectivity index (χ2n) is 7.60. The van der Waals surface area contributed by atoms with E-state index < -0.39 is 10.0 Å². The fraction of sp³-hybridized carbons (Fsp3) is 0.524. The maximum absolute atomic E-state index is 12.3. The van der Waals surface area contributed by atoms with Crippen molar-refractivity contribution in [2.45, 2.75) is 33.1 Å². The number of hydrogen-bond donors (Lipinski definition) is 1. The summed E-state index contributed by atoms with van der Waals surface area (Å²) in [6, 6.07) is 9.13. The van der Waals surface area contributed by atoms with E-state index >= 15 is 0 Å². The fourth-order valence-corrected chi connectivity index (χ4v) is 3.83. The van der Waals surface area contributed by atoms with Crippen LogP contribution in [0.15, 0.2) is 35.7 Å². The monoisotopic (exact) mass is 421 g/mol. The minimum absolute atomic E-state index is 0.0494. The zero-order valence-electron chi connectivity index (χ0n) is 17.2. The van der Waals surface area contributed by atoms with Crippen LogP contribution < -0.4 is 4.72 Å². The fourth-order valence-electron chi connectivity index (χ4n) is 3.01. The second-order valence-corrected chi connectivity index (χ2v) is 9.25. The standard InChI is InChI=1S/C21H31N3O4S/c1-18(2)8-9-20(25)23-13-15-24(16-14-23)21(26)10-12-22-29(27,28)17-11-19-6-4-3-5-7-19/h3-7,11,17-18,22H,8-10,12-16H2,1-2H3. The van der Waals surface area contributed by atoms with Crippen molar-refractivity contribution >= 4 is 27.9 Å². The average Bonchev–Trinajstić information content (AvgIpc) is 2.71. The molecule has 1 aliphatic rings. The number of nitrogens with zero attached hydrogens (tertiary/aromatic N) is 2. The molecule has 1 aromatic carbocycles. The number of nitrogens with one attached hydrogen (secondary N) is 1. The number of benzene rings is 1. The molecule has 2 rings (SSSR count). The third-order valence-corrected chi connectivity index (χ3v) is 5.90. The van der Waals surface area contributed by atoms with Gasteiger partial charge in [0.2, 0.25) is 21.8 Å². The Morgan fingerprint density at radius 1 is 1.00 bits per heavy atom. The molecule has 160 valence electrons. The Kier molecular flexibility index (Phi) is 8.85. The normalized spacial score (nSPS) is 15.3. The summed E-state index contributed by atoms with van der Waals surface area (Å²) in [4.78, 5) is 28.0. The quantitative estimate of drug-likeness (QED) is 0.661. The minimum atomic E-state index is -3.59. The van der Waals surface area contributed by atoms with Gasteiger partial charge in [0, 0.05) is 51.0 Å². The molecule has 0 aromatic heterocycles. The lowest BCUT2D eigenvalue weighted by Crippen LogP contribution is -2.51. The lowest BCUT2D eigenvalue weighted by atomic mass is 10.1. The van der Waals surface area contributed by atoms with Gasteiger partial charge < -0.3 is 9.80 Å². The molecule has 1 heterocycles. The third kappa shape index (κ3) is 8.37. The summed E-state index contributed by atoms with van der Waals surface area (Å²) in [5, 5.41) is 1.11. The van der Waals surface area contributed by atoms with Gasteiger partial charge in [-0.1, -0.05) is 44.2 Å². The molecular weight excluding hydrogens is 390 g/mol. The summed E-state index contributed by atoms with van der Waals surface area (Å²) in [6.45, 7) is 6.29. The molecule has 0 radical (unpaired) electrons. The third-order valence-electron chi connectivity index (χ3n) is 4.80. The first kappa shape index (κ1) is 23.1. The van der Waals surface area contributed by atoms with Crippen molar-refractivity contribution in [3.8, 4) is 0 Å². The topological polar surface area (TPSA) is 86.8 Å². The van der Waals surface area contributed by atoms with Crippen molar-refractivity contribution in [3.05, 3.63) is 41.3 Å². The number of hydrogen-bond acceptors (Lipinski definition) is 4. The lowest BCUT2D eigenvalue weighted by Gasteiger charge is -2.35. The molecule has 0 unspecified atom stereocenters. The Bertz CT molecular complexity index is 798. The molecule has 0 saturated carbocycles. The second kappa shape index (κ2) is 11.1. The number of carbonyl (C=O) groups is 2. The van der Waals surface area contributed by atoms with Gasteiger partial charge in [-0.15, -0.1) is 0 Å². The Balaban J connectivity index is 1.70. The maximum atomic E-state index is 12.3. The summed E-state index contributed by atoms with van der Waals surface area (Å²) in [5.74, 6) is 0.533. The van der Waals surface area contributed by atoms with Crippen molar-refractivity contribution in [3.63, 3.8) is 0 Å². The Morgan fingerprint density at radius 2 is 1.55 bits per heavy atom. The van der Waals surface area contributed by atoms with Crippen LogP contribution in [0.4, 0.5) is 0 Å². The molecule has 0 atom stereocenters. The van der Waals surface area contributed by atoms with Gasteiger partial charge in [0.1, 0.15) is 0 Å². The first-order chi connectivity index (χ1) is 13.8. The van der Waals surface area contributed by atoms with Gasteiger partial charge in [-0.05, 0) is 24.0 Å². The van der Waals surface area contributed by atoms with Crippen LogP contribution in [-0.2, 0) is 19.6 Å². The van der Waals surface area contributed by atoms with Gasteiger partial charge >= 0.3 is 0 Å². The van der Waals surface area contributed by atoms with Crippen LogP contribution >= 0.6 is 0 Å². The zero-order valence-corrected chi connectivity index (χ0v) is 18.0. The number of rotatable bonds is 9. The number of piperazine rings is 1. The predicted octanol–water partition coefficient (Wildman–Crippen LogP) is 2.07. The molecule has 1 fully saturated rings. The van der Waals surface area contributed by atoms with E-state index in [2.05, 4.69) is 18.6 Å². The van der Waals surface area contributed by atoms with Crippen molar-refractivity contribution in [2.75, 3.05) is 32.7 Å². The maximum Gasteiger partial charge on any atom is 0.233 e. The van der Waals surface area contributed by atoms with Crippen LogP contribution in [0.3, 0.4) is 0 Å². The molecule has 2 amide bonds. The van der Waals surface area contributed by atoms with E-state index in [-0.39, 0.29) is 24.8 Å². The Hall–Kier alpha value is -2.19. The molecule has 1 aromatic rings. The van der Waals surface area contributed by atoms with Gasteiger partial charge in [-0.2, -0.15) is 0 Å². The summed E-state index contributed by atoms with van der Waals surface area (Å²) >= 11 is 0. The van der Waals surface area contributed by atoms with Gasteiger partial charge in [0.15, 0.2) is 0 Å². The molecule has 29 heavy (non-hydrogen) atoms. The highest BCUT2D eigenvalue weighted by atomic mass is 32.2. The average molecular weight is 422 g/mol. The van der Waals surface area contributed by atoms with Crippen molar-refractivity contribution in [1.29, 1.82) is 0 Å². The van der Waals surface area contributed by atoms with Gasteiger partial charge in [0.25, 0.3) is 0 Å². The molecule has 1 saturated heterocycles. The van der Waals surface area contributed by atoms with Gasteiger partial charge in [-0.3, -0.25) is 9.59 Å². The molecule has 7 nitrogen and oxygen atoms in total. The van der Waals surface area contributed by atoms with E-state index in [4.69, 9.17) is 0 Å². The van der Waals surface area contributed by atoms with E-state index in [0.29, 0.717) is 38.5 Å². The minimum Gasteiger partial charge on any atom is -0.339 e.